The Balaban J connectivity index is 5.09. The zero-order valence-corrected chi connectivity index (χ0v) is 17.6. The van der Waals surface area contributed by atoms with Gasteiger partial charge in [-0.3, -0.25) is 14.4 Å². The largest absolute Gasteiger partial charge is 0.463 e. The Hall–Kier alpha value is -1.07. The van der Waals surface area contributed by atoms with Crippen LogP contribution < -0.4 is 0 Å². The quantitative estimate of drug-likeness (QED) is 0.235. The normalized spacial score (nSPS) is 12.1. The lowest BCUT2D eigenvalue weighted by Crippen LogP contribution is -2.43. The van der Waals surface area contributed by atoms with Crippen molar-refractivity contribution in [2.75, 3.05) is 19.8 Å². The Bertz CT molecular complexity index is 492. The van der Waals surface area contributed by atoms with E-state index in [-0.39, 0.29) is 19.8 Å². The van der Waals surface area contributed by atoms with Crippen LogP contribution in [0.25, 0.3) is 0 Å². The minimum absolute atomic E-state index is 0.232. The third-order valence-electron chi connectivity index (χ3n) is 2.79. The molecular formula is C16H22Br2O6. The molecule has 0 unspecified atom stereocenters. The van der Waals surface area contributed by atoms with Crippen LogP contribution in [-0.2, 0) is 28.6 Å². The molecule has 0 aromatic heterocycles. The number of hydrogen-bond acceptors (Lipinski definition) is 6. The molecule has 0 amide bonds. The fraction of sp³-hybridized carbons (Fsp3) is 0.688. The van der Waals surface area contributed by atoms with Crippen molar-refractivity contribution >= 4 is 49.8 Å². The predicted octanol–water partition coefficient (Wildman–Crippen LogP) is 2.60. The zero-order valence-electron chi connectivity index (χ0n) is 14.4. The van der Waals surface area contributed by atoms with E-state index in [9.17, 15) is 14.4 Å². The highest BCUT2D eigenvalue weighted by Gasteiger charge is 2.41. The standard InChI is InChI=1S/C16H22Br2O6/c1-7-8-22-13(21)16(6,9-23-11(19)14(2,3)17)10-24-12(20)15(4,5)18/h1H,8-10H2,2-6H3. The van der Waals surface area contributed by atoms with Crippen LogP contribution in [0.15, 0.2) is 0 Å². The van der Waals surface area contributed by atoms with E-state index < -0.39 is 32.0 Å². The van der Waals surface area contributed by atoms with E-state index in [1.165, 1.54) is 6.92 Å². The monoisotopic (exact) mass is 468 g/mol. The van der Waals surface area contributed by atoms with Gasteiger partial charge in [-0.05, 0) is 34.6 Å². The Morgan fingerprint density at radius 2 is 1.21 bits per heavy atom. The van der Waals surface area contributed by atoms with Gasteiger partial charge in [0.25, 0.3) is 0 Å². The first-order valence-corrected chi connectivity index (χ1v) is 8.65. The number of terminal acetylenes is 1. The van der Waals surface area contributed by atoms with Gasteiger partial charge < -0.3 is 14.2 Å². The zero-order chi connectivity index (χ0) is 19.2. The summed E-state index contributed by atoms with van der Waals surface area (Å²) in [6, 6.07) is 0. The lowest BCUT2D eigenvalue weighted by atomic mass is 9.93. The van der Waals surface area contributed by atoms with Gasteiger partial charge in [0.15, 0.2) is 6.61 Å². The minimum atomic E-state index is -1.38. The van der Waals surface area contributed by atoms with Gasteiger partial charge in [0.05, 0.1) is 0 Å². The summed E-state index contributed by atoms with van der Waals surface area (Å²) in [4.78, 5) is 36.0. The molecule has 6 nitrogen and oxygen atoms in total. The predicted molar refractivity (Wildman–Crippen MR) is 95.8 cm³/mol. The van der Waals surface area contributed by atoms with Crippen LogP contribution in [0.1, 0.15) is 34.6 Å². The highest BCUT2D eigenvalue weighted by Crippen LogP contribution is 2.25. The lowest BCUT2D eigenvalue weighted by Gasteiger charge is -2.28. The van der Waals surface area contributed by atoms with E-state index >= 15 is 0 Å². The van der Waals surface area contributed by atoms with Gasteiger partial charge in [-0.2, -0.15) is 0 Å². The van der Waals surface area contributed by atoms with Crippen LogP contribution in [0.3, 0.4) is 0 Å². The Morgan fingerprint density at radius 3 is 1.50 bits per heavy atom. The number of carbonyl (C=O) groups excluding carboxylic acids is 3. The maximum absolute atomic E-state index is 12.2. The highest BCUT2D eigenvalue weighted by atomic mass is 79.9. The fourth-order valence-electron chi connectivity index (χ4n) is 1.23. The summed E-state index contributed by atoms with van der Waals surface area (Å²) >= 11 is 6.34. The second-order valence-electron chi connectivity index (χ2n) is 6.44. The van der Waals surface area contributed by atoms with Crippen LogP contribution in [0, 0.1) is 17.8 Å². The van der Waals surface area contributed by atoms with Crippen LogP contribution in [0.5, 0.6) is 0 Å². The summed E-state index contributed by atoms with van der Waals surface area (Å²) in [5.74, 6) is 0.325. The van der Waals surface area contributed by atoms with E-state index in [1.54, 1.807) is 27.7 Å². The topological polar surface area (TPSA) is 78.9 Å². The van der Waals surface area contributed by atoms with E-state index in [4.69, 9.17) is 20.6 Å². The van der Waals surface area contributed by atoms with E-state index in [1.807, 2.05) is 0 Å². The summed E-state index contributed by atoms with van der Waals surface area (Å²) in [5.41, 5.74) is -1.38. The van der Waals surface area contributed by atoms with Crippen molar-refractivity contribution in [2.24, 2.45) is 5.41 Å². The van der Waals surface area contributed by atoms with Crippen molar-refractivity contribution in [3.05, 3.63) is 0 Å². The molecule has 0 saturated heterocycles. The molecule has 0 bridgehead atoms. The number of hydrogen-bond donors (Lipinski definition) is 0. The Kier molecular flexibility index (Phi) is 8.46. The number of alkyl halides is 2. The summed E-state index contributed by atoms with van der Waals surface area (Å²) in [5, 5.41) is 0. The molecule has 0 aromatic rings. The second kappa shape index (κ2) is 8.86. The number of esters is 3. The number of halogens is 2. The molecule has 0 atom stereocenters. The van der Waals surface area contributed by atoms with Gasteiger partial charge in [0.2, 0.25) is 0 Å². The van der Waals surface area contributed by atoms with Gasteiger partial charge in [0.1, 0.15) is 27.3 Å². The SMILES string of the molecule is C#CCOC(=O)C(C)(COC(=O)C(C)(C)Br)COC(=O)C(C)(C)Br. The van der Waals surface area contributed by atoms with Crippen LogP contribution >= 0.6 is 31.9 Å². The maximum atomic E-state index is 12.2. The van der Waals surface area contributed by atoms with E-state index in [0.717, 1.165) is 0 Å². The molecule has 24 heavy (non-hydrogen) atoms. The number of rotatable bonds is 8. The summed E-state index contributed by atoms with van der Waals surface area (Å²) in [6.45, 7) is 7.03. The molecule has 0 aromatic carbocycles. The van der Waals surface area contributed by atoms with Crippen LogP contribution in [0.2, 0.25) is 0 Å². The van der Waals surface area contributed by atoms with Gasteiger partial charge in [-0.15, -0.1) is 6.42 Å². The van der Waals surface area contributed by atoms with Gasteiger partial charge in [-0.1, -0.05) is 37.8 Å². The first-order chi connectivity index (χ1) is 10.7. The molecule has 0 rings (SSSR count). The van der Waals surface area contributed by atoms with E-state index in [0.29, 0.717) is 0 Å². The summed E-state index contributed by atoms with van der Waals surface area (Å²) in [6.07, 6.45) is 5.07. The first-order valence-electron chi connectivity index (χ1n) is 7.07. The van der Waals surface area contributed by atoms with Crippen molar-refractivity contribution < 1.29 is 28.6 Å². The molecule has 8 heteroatoms. The average molecular weight is 470 g/mol. The third-order valence-corrected chi connectivity index (χ3v) is 3.44. The maximum Gasteiger partial charge on any atom is 0.322 e. The average Bonchev–Trinajstić information content (AvgIpc) is 2.45. The Morgan fingerprint density at radius 1 is 0.833 bits per heavy atom. The molecule has 0 N–H and O–H groups in total. The van der Waals surface area contributed by atoms with E-state index in [2.05, 4.69) is 37.8 Å². The van der Waals surface area contributed by atoms with Crippen molar-refractivity contribution in [1.29, 1.82) is 0 Å². The molecule has 0 heterocycles. The van der Waals surface area contributed by atoms with Gasteiger partial charge in [0, 0.05) is 0 Å². The van der Waals surface area contributed by atoms with Gasteiger partial charge in [-0.25, -0.2) is 0 Å². The van der Waals surface area contributed by atoms with Crippen molar-refractivity contribution in [1.82, 2.24) is 0 Å². The molecule has 0 spiro atoms. The molecular weight excluding hydrogens is 448 g/mol. The molecule has 0 fully saturated rings. The molecule has 0 aliphatic carbocycles. The molecule has 0 radical (unpaired) electrons. The summed E-state index contributed by atoms with van der Waals surface area (Å²) in [7, 11) is 0. The molecule has 0 saturated carbocycles. The molecule has 0 aliphatic rings. The van der Waals surface area contributed by atoms with Crippen LogP contribution in [0.4, 0.5) is 0 Å². The molecule has 136 valence electrons. The van der Waals surface area contributed by atoms with Gasteiger partial charge >= 0.3 is 17.9 Å². The van der Waals surface area contributed by atoms with Crippen molar-refractivity contribution in [3.63, 3.8) is 0 Å². The van der Waals surface area contributed by atoms with Crippen molar-refractivity contribution in [3.8, 4) is 12.3 Å². The fourth-order valence-corrected chi connectivity index (χ4v) is 1.46. The number of carbonyl (C=O) groups is 3. The van der Waals surface area contributed by atoms with Crippen LogP contribution in [-0.4, -0.2) is 46.4 Å². The molecule has 0 aliphatic heterocycles. The lowest BCUT2D eigenvalue weighted by molar-refractivity contribution is -0.170. The first kappa shape index (κ1) is 22.9. The summed E-state index contributed by atoms with van der Waals surface area (Å²) < 4.78 is 13.4. The van der Waals surface area contributed by atoms with Crippen molar-refractivity contribution in [2.45, 2.75) is 43.3 Å². The Labute approximate surface area is 159 Å². The highest BCUT2D eigenvalue weighted by molar-refractivity contribution is 9.10. The number of ether oxygens (including phenoxy) is 3. The second-order valence-corrected chi connectivity index (χ2v) is 10.4. The third kappa shape index (κ3) is 7.67. The minimum Gasteiger partial charge on any atom is -0.463 e. The smallest absolute Gasteiger partial charge is 0.322 e.